The third-order valence-electron chi connectivity index (χ3n) is 1.11. The second-order valence-corrected chi connectivity index (χ2v) is 4.47. The van der Waals surface area contributed by atoms with Crippen molar-refractivity contribution in [2.24, 2.45) is 0 Å². The molecule has 3 N–H and O–H groups in total. The Morgan fingerprint density at radius 3 is 3.00 bits per heavy atom. The monoisotopic (exact) mass is 206 g/mol. The molecule has 1 atom stereocenters. The highest BCUT2D eigenvalue weighted by molar-refractivity contribution is 7.84. The van der Waals surface area contributed by atoms with Gasteiger partial charge in [-0.3, -0.25) is 4.21 Å². The van der Waals surface area contributed by atoms with Crippen LogP contribution in [-0.4, -0.2) is 32.1 Å². The van der Waals surface area contributed by atoms with E-state index in [4.69, 9.17) is 5.73 Å². The molecule has 0 aromatic carbocycles. The van der Waals surface area contributed by atoms with Gasteiger partial charge in [-0.2, -0.15) is 9.36 Å². The SMILES string of the molecule is CS(=O)CCNc1nc(N)ns1. The summed E-state index contributed by atoms with van der Waals surface area (Å²) in [5.41, 5.74) is 5.30. The maximum Gasteiger partial charge on any atom is 0.233 e. The number of nitrogen functional groups attached to an aromatic ring is 1. The molecular weight excluding hydrogens is 196 g/mol. The van der Waals surface area contributed by atoms with Crippen molar-refractivity contribution in [3.63, 3.8) is 0 Å². The summed E-state index contributed by atoms with van der Waals surface area (Å²) in [7, 11) is -0.770. The van der Waals surface area contributed by atoms with Gasteiger partial charge in [-0.15, -0.1) is 0 Å². The van der Waals surface area contributed by atoms with Crippen LogP contribution < -0.4 is 11.1 Å². The lowest BCUT2D eigenvalue weighted by Gasteiger charge is -1.97. The minimum Gasteiger partial charge on any atom is -0.367 e. The molecule has 0 spiro atoms. The molecule has 1 unspecified atom stereocenters. The van der Waals surface area contributed by atoms with Crippen LogP contribution in [-0.2, 0) is 10.8 Å². The van der Waals surface area contributed by atoms with E-state index in [1.54, 1.807) is 6.26 Å². The Hall–Kier alpha value is -0.690. The Balaban J connectivity index is 2.29. The number of nitrogens with two attached hydrogens (primary N) is 1. The summed E-state index contributed by atoms with van der Waals surface area (Å²) in [6.45, 7) is 0.637. The second-order valence-electron chi connectivity index (χ2n) is 2.16. The van der Waals surface area contributed by atoms with Crippen LogP contribution >= 0.6 is 11.5 Å². The van der Waals surface area contributed by atoms with Gasteiger partial charge in [0.05, 0.1) is 0 Å². The van der Waals surface area contributed by atoms with Gasteiger partial charge in [-0.05, 0) is 0 Å². The Morgan fingerprint density at radius 1 is 1.75 bits per heavy atom. The van der Waals surface area contributed by atoms with E-state index in [2.05, 4.69) is 14.7 Å². The van der Waals surface area contributed by atoms with E-state index >= 15 is 0 Å². The first-order chi connectivity index (χ1) is 5.68. The minimum absolute atomic E-state index is 0.278. The highest BCUT2D eigenvalue weighted by Crippen LogP contribution is 2.10. The number of nitrogens with zero attached hydrogens (tertiary/aromatic N) is 2. The number of rotatable bonds is 4. The lowest BCUT2D eigenvalue weighted by molar-refractivity contribution is 0.687. The zero-order chi connectivity index (χ0) is 8.97. The highest BCUT2D eigenvalue weighted by atomic mass is 32.2. The number of aromatic nitrogens is 2. The van der Waals surface area contributed by atoms with Crippen molar-refractivity contribution in [1.29, 1.82) is 0 Å². The quantitative estimate of drug-likeness (QED) is 0.719. The van der Waals surface area contributed by atoms with Crippen molar-refractivity contribution in [1.82, 2.24) is 9.36 Å². The van der Waals surface area contributed by atoms with Crippen molar-refractivity contribution in [3.05, 3.63) is 0 Å². The maximum atomic E-state index is 10.7. The van der Waals surface area contributed by atoms with Crippen molar-refractivity contribution >= 4 is 33.4 Å². The van der Waals surface area contributed by atoms with Crippen LogP contribution in [0.4, 0.5) is 11.1 Å². The summed E-state index contributed by atoms with van der Waals surface area (Å²) >= 11 is 1.21. The Bertz CT molecular complexity index is 274. The van der Waals surface area contributed by atoms with Crippen molar-refractivity contribution in [3.8, 4) is 0 Å². The summed E-state index contributed by atoms with van der Waals surface area (Å²) in [5.74, 6) is 0.888. The second kappa shape index (κ2) is 4.36. The Kier molecular flexibility index (Phi) is 3.42. The molecular formula is C5H10N4OS2. The molecule has 1 heterocycles. The van der Waals surface area contributed by atoms with E-state index in [1.807, 2.05) is 0 Å². The van der Waals surface area contributed by atoms with E-state index in [1.165, 1.54) is 11.5 Å². The number of nitrogens with one attached hydrogen (secondary N) is 1. The number of hydrogen-bond donors (Lipinski definition) is 2. The summed E-state index contributed by atoms with van der Waals surface area (Å²) < 4.78 is 14.4. The summed E-state index contributed by atoms with van der Waals surface area (Å²) in [5, 5.41) is 3.65. The van der Waals surface area contributed by atoms with Crippen LogP contribution in [0, 0.1) is 0 Å². The predicted molar refractivity (Wildman–Crippen MR) is 51.7 cm³/mol. The molecule has 0 aliphatic heterocycles. The molecule has 7 heteroatoms. The van der Waals surface area contributed by atoms with Crippen LogP contribution in [0.25, 0.3) is 0 Å². The molecule has 0 fully saturated rings. The smallest absolute Gasteiger partial charge is 0.233 e. The summed E-state index contributed by atoms with van der Waals surface area (Å²) in [6.07, 6.45) is 1.66. The predicted octanol–water partition coefficient (Wildman–Crippen LogP) is -0.0893. The van der Waals surface area contributed by atoms with E-state index in [-0.39, 0.29) is 5.95 Å². The third kappa shape index (κ3) is 3.14. The van der Waals surface area contributed by atoms with E-state index in [0.29, 0.717) is 17.4 Å². The van der Waals surface area contributed by atoms with Crippen LogP contribution in [0.1, 0.15) is 0 Å². The molecule has 68 valence electrons. The first-order valence-corrected chi connectivity index (χ1v) is 5.81. The van der Waals surface area contributed by atoms with E-state index < -0.39 is 10.8 Å². The van der Waals surface area contributed by atoms with Gasteiger partial charge in [0.1, 0.15) is 0 Å². The van der Waals surface area contributed by atoms with Crippen molar-refractivity contribution < 1.29 is 4.21 Å². The van der Waals surface area contributed by atoms with Crippen LogP contribution in [0.5, 0.6) is 0 Å². The molecule has 1 aromatic rings. The molecule has 1 rings (SSSR count). The molecule has 5 nitrogen and oxygen atoms in total. The topological polar surface area (TPSA) is 80.9 Å². The molecule has 0 aliphatic rings. The zero-order valence-corrected chi connectivity index (χ0v) is 8.24. The fraction of sp³-hybridized carbons (Fsp3) is 0.600. The van der Waals surface area contributed by atoms with Gasteiger partial charge in [0.2, 0.25) is 11.1 Å². The molecule has 0 saturated heterocycles. The molecule has 1 aromatic heterocycles. The lowest BCUT2D eigenvalue weighted by atomic mass is 10.7. The van der Waals surface area contributed by atoms with E-state index in [9.17, 15) is 4.21 Å². The van der Waals surface area contributed by atoms with Crippen LogP contribution in [0.2, 0.25) is 0 Å². The summed E-state index contributed by atoms with van der Waals surface area (Å²) in [6, 6.07) is 0. The van der Waals surface area contributed by atoms with Gasteiger partial charge < -0.3 is 11.1 Å². The molecule has 0 aliphatic carbocycles. The standard InChI is InChI=1S/C5H10N4OS2/c1-12(10)3-2-7-5-8-4(6)9-11-5/h2-3H2,1H3,(H3,6,7,8,9). The van der Waals surface area contributed by atoms with Gasteiger partial charge in [0.25, 0.3) is 0 Å². The maximum absolute atomic E-state index is 10.7. The first-order valence-electron chi connectivity index (χ1n) is 3.31. The zero-order valence-electron chi connectivity index (χ0n) is 6.61. The molecule has 0 saturated carbocycles. The van der Waals surface area contributed by atoms with Gasteiger partial charge in [0, 0.05) is 40.9 Å². The van der Waals surface area contributed by atoms with Crippen LogP contribution in [0.15, 0.2) is 0 Å². The molecule has 12 heavy (non-hydrogen) atoms. The minimum atomic E-state index is -0.770. The van der Waals surface area contributed by atoms with Gasteiger partial charge in [-0.25, -0.2) is 0 Å². The summed E-state index contributed by atoms with van der Waals surface area (Å²) in [4.78, 5) is 3.88. The third-order valence-corrected chi connectivity index (χ3v) is 2.57. The average molecular weight is 206 g/mol. The van der Waals surface area contributed by atoms with Crippen molar-refractivity contribution in [2.45, 2.75) is 0 Å². The van der Waals surface area contributed by atoms with Crippen LogP contribution in [0.3, 0.4) is 0 Å². The van der Waals surface area contributed by atoms with E-state index in [0.717, 1.165) is 0 Å². The van der Waals surface area contributed by atoms with Crippen molar-refractivity contribution in [2.75, 3.05) is 29.6 Å². The Morgan fingerprint density at radius 2 is 2.50 bits per heavy atom. The van der Waals surface area contributed by atoms with Gasteiger partial charge in [-0.1, -0.05) is 0 Å². The number of hydrogen-bond acceptors (Lipinski definition) is 6. The Labute approximate surface area is 77.0 Å². The fourth-order valence-corrected chi connectivity index (χ4v) is 1.52. The normalized spacial score (nSPS) is 12.8. The largest absolute Gasteiger partial charge is 0.367 e. The fourth-order valence-electron chi connectivity index (χ4n) is 0.608. The van der Waals surface area contributed by atoms with Gasteiger partial charge in [0.15, 0.2) is 0 Å². The lowest BCUT2D eigenvalue weighted by Crippen LogP contribution is -2.09. The number of anilines is 2. The first kappa shape index (κ1) is 9.40. The molecule has 0 bridgehead atoms. The highest BCUT2D eigenvalue weighted by Gasteiger charge is 1.98. The average Bonchev–Trinajstić information content (AvgIpc) is 2.35. The molecule has 0 amide bonds. The molecule has 0 radical (unpaired) electrons. The van der Waals surface area contributed by atoms with Gasteiger partial charge >= 0.3 is 0 Å².